The molecule has 1 aromatic heterocycles. The molecule has 8 nitrogen and oxygen atoms in total. The summed E-state index contributed by atoms with van der Waals surface area (Å²) in [5, 5.41) is 22.7. The number of hydrogen-bond acceptors (Lipinski definition) is 6. The van der Waals surface area contributed by atoms with E-state index in [0.29, 0.717) is 24.5 Å². The number of nitriles is 1. The van der Waals surface area contributed by atoms with Crippen molar-refractivity contribution in [2.45, 2.75) is 26.8 Å². The molecule has 31 heavy (non-hydrogen) atoms. The van der Waals surface area contributed by atoms with E-state index in [0.717, 1.165) is 49.5 Å². The second-order valence-corrected chi connectivity index (χ2v) is 7.84. The molecule has 1 aliphatic heterocycles. The Balaban J connectivity index is 1.62. The van der Waals surface area contributed by atoms with Crippen LogP contribution in [0.4, 0.5) is 11.5 Å². The number of methoxy groups -OCH3 is 1. The second kappa shape index (κ2) is 10.3. The maximum Gasteiger partial charge on any atom is 0.239 e. The Morgan fingerprint density at radius 2 is 1.94 bits per heavy atom. The number of benzene rings is 1. The molecule has 1 fully saturated rings. The molecule has 0 bridgehead atoms. The van der Waals surface area contributed by atoms with E-state index in [1.54, 1.807) is 13.2 Å². The summed E-state index contributed by atoms with van der Waals surface area (Å²) in [6.45, 7) is 8.36. The molecule has 1 amide bonds. The Kier molecular flexibility index (Phi) is 7.55. The number of amides is 1. The molecule has 3 rings (SSSR count). The zero-order valence-electron chi connectivity index (χ0n) is 18.5. The fourth-order valence-electron chi connectivity index (χ4n) is 4.03. The number of aromatic hydroxyl groups is 1. The number of phenols is 1. The molecular formula is C23H31N5O3. The van der Waals surface area contributed by atoms with Crippen LogP contribution in [0, 0.1) is 25.2 Å². The Bertz CT molecular complexity index is 955. The highest BCUT2D eigenvalue weighted by Gasteiger charge is 2.23. The van der Waals surface area contributed by atoms with E-state index in [1.807, 2.05) is 36.6 Å². The highest BCUT2D eigenvalue weighted by Crippen LogP contribution is 2.28. The molecule has 1 aromatic carbocycles. The molecule has 0 unspecified atom stereocenters. The number of para-hydroxylation sites is 2. The molecule has 1 saturated heterocycles. The fourth-order valence-corrected chi connectivity index (χ4v) is 4.03. The number of phenolic OH excluding ortho intramolecular Hbond substituents is 1. The van der Waals surface area contributed by atoms with Crippen molar-refractivity contribution in [3.8, 4) is 11.8 Å². The monoisotopic (exact) mass is 425 g/mol. The van der Waals surface area contributed by atoms with Gasteiger partial charge in [0.2, 0.25) is 5.91 Å². The minimum atomic E-state index is -0.127. The maximum atomic E-state index is 12.8. The number of aromatic nitrogens is 1. The van der Waals surface area contributed by atoms with Gasteiger partial charge in [-0.05, 0) is 38.0 Å². The number of nitrogens with one attached hydrogen (secondary N) is 1. The number of carbonyl (C=O) groups is 1. The molecule has 2 aromatic rings. The third-order valence-corrected chi connectivity index (χ3v) is 5.89. The Morgan fingerprint density at radius 1 is 1.23 bits per heavy atom. The highest BCUT2D eigenvalue weighted by atomic mass is 16.5. The van der Waals surface area contributed by atoms with Crippen LogP contribution >= 0.6 is 0 Å². The average molecular weight is 426 g/mol. The van der Waals surface area contributed by atoms with Crippen molar-refractivity contribution in [2.75, 3.05) is 56.7 Å². The number of nitrogens with zero attached hydrogens (tertiary/aromatic N) is 4. The Labute approximate surface area is 183 Å². The lowest BCUT2D eigenvalue weighted by Crippen LogP contribution is -2.48. The number of ether oxygens (including phenoxy) is 1. The normalized spacial score (nSPS) is 14.5. The summed E-state index contributed by atoms with van der Waals surface area (Å²) in [5.74, 6) is 0.724. The van der Waals surface area contributed by atoms with Crippen LogP contribution in [-0.2, 0) is 16.1 Å². The summed E-state index contributed by atoms with van der Waals surface area (Å²) in [5.41, 5.74) is 3.23. The molecule has 2 N–H and O–H groups in total. The van der Waals surface area contributed by atoms with Crippen LogP contribution in [0.15, 0.2) is 24.3 Å². The second-order valence-electron chi connectivity index (χ2n) is 7.84. The van der Waals surface area contributed by atoms with Gasteiger partial charge >= 0.3 is 0 Å². The van der Waals surface area contributed by atoms with Crippen molar-refractivity contribution in [3.05, 3.63) is 41.1 Å². The zero-order valence-corrected chi connectivity index (χ0v) is 18.5. The van der Waals surface area contributed by atoms with Gasteiger partial charge in [0.1, 0.15) is 17.6 Å². The van der Waals surface area contributed by atoms with Crippen LogP contribution in [0.1, 0.15) is 23.2 Å². The SMILES string of the molecule is COCCCn1c(C)c(C)c(C#N)c1NC(=O)CN1CCN(c2ccccc2O)CC1. The lowest BCUT2D eigenvalue weighted by molar-refractivity contribution is -0.117. The van der Waals surface area contributed by atoms with Gasteiger partial charge in [0.05, 0.1) is 17.8 Å². The van der Waals surface area contributed by atoms with Crippen molar-refractivity contribution in [1.29, 1.82) is 5.26 Å². The predicted molar refractivity (Wildman–Crippen MR) is 121 cm³/mol. The van der Waals surface area contributed by atoms with Crippen molar-refractivity contribution < 1.29 is 14.6 Å². The lowest BCUT2D eigenvalue weighted by Gasteiger charge is -2.35. The van der Waals surface area contributed by atoms with Gasteiger partial charge in [0, 0.05) is 52.1 Å². The third-order valence-electron chi connectivity index (χ3n) is 5.89. The van der Waals surface area contributed by atoms with E-state index < -0.39 is 0 Å². The van der Waals surface area contributed by atoms with Gasteiger partial charge in [-0.2, -0.15) is 5.26 Å². The number of anilines is 2. The minimum absolute atomic E-state index is 0.127. The highest BCUT2D eigenvalue weighted by molar-refractivity contribution is 5.93. The lowest BCUT2D eigenvalue weighted by atomic mass is 10.2. The maximum absolute atomic E-state index is 12.8. The largest absolute Gasteiger partial charge is 0.506 e. The first-order chi connectivity index (χ1) is 15.0. The van der Waals surface area contributed by atoms with Crippen LogP contribution in [0.2, 0.25) is 0 Å². The fraction of sp³-hybridized carbons (Fsp3) is 0.478. The first-order valence-corrected chi connectivity index (χ1v) is 10.6. The van der Waals surface area contributed by atoms with Crippen molar-refractivity contribution in [2.24, 2.45) is 0 Å². The van der Waals surface area contributed by atoms with Crippen LogP contribution in [-0.4, -0.2) is 66.9 Å². The number of hydrogen-bond donors (Lipinski definition) is 2. The summed E-state index contributed by atoms with van der Waals surface area (Å²) in [7, 11) is 1.66. The van der Waals surface area contributed by atoms with E-state index in [4.69, 9.17) is 4.74 Å². The van der Waals surface area contributed by atoms with E-state index in [2.05, 4.69) is 21.2 Å². The van der Waals surface area contributed by atoms with Crippen molar-refractivity contribution in [1.82, 2.24) is 9.47 Å². The first-order valence-electron chi connectivity index (χ1n) is 10.6. The molecule has 0 saturated carbocycles. The molecule has 0 radical (unpaired) electrons. The number of rotatable bonds is 8. The van der Waals surface area contributed by atoms with E-state index in [9.17, 15) is 15.2 Å². The molecular weight excluding hydrogens is 394 g/mol. The molecule has 1 aliphatic rings. The van der Waals surface area contributed by atoms with Gasteiger partial charge in [-0.25, -0.2) is 0 Å². The summed E-state index contributed by atoms with van der Waals surface area (Å²) >= 11 is 0. The molecule has 0 aliphatic carbocycles. The smallest absolute Gasteiger partial charge is 0.239 e. The molecule has 166 valence electrons. The topological polar surface area (TPSA) is 93.8 Å². The van der Waals surface area contributed by atoms with E-state index >= 15 is 0 Å². The van der Waals surface area contributed by atoms with E-state index in [1.165, 1.54) is 0 Å². The van der Waals surface area contributed by atoms with Crippen molar-refractivity contribution in [3.63, 3.8) is 0 Å². The Morgan fingerprint density at radius 3 is 2.58 bits per heavy atom. The Hall–Kier alpha value is -3.02. The van der Waals surface area contributed by atoms with Gasteiger partial charge in [0.25, 0.3) is 0 Å². The number of piperazine rings is 1. The van der Waals surface area contributed by atoms with Gasteiger partial charge in [-0.1, -0.05) is 12.1 Å². The van der Waals surface area contributed by atoms with Gasteiger partial charge < -0.3 is 24.6 Å². The van der Waals surface area contributed by atoms with Crippen LogP contribution in [0.3, 0.4) is 0 Å². The predicted octanol–water partition coefficient (Wildman–Crippen LogP) is 2.48. The molecule has 8 heteroatoms. The average Bonchev–Trinajstić information content (AvgIpc) is 2.98. The van der Waals surface area contributed by atoms with E-state index in [-0.39, 0.29) is 18.2 Å². The van der Waals surface area contributed by atoms with Crippen molar-refractivity contribution >= 4 is 17.4 Å². The molecule has 0 atom stereocenters. The summed E-state index contributed by atoms with van der Waals surface area (Å²) < 4.78 is 7.15. The van der Waals surface area contributed by atoms with Gasteiger partial charge in [-0.3, -0.25) is 9.69 Å². The summed E-state index contributed by atoms with van der Waals surface area (Å²) in [6, 6.07) is 9.56. The summed E-state index contributed by atoms with van der Waals surface area (Å²) in [6.07, 6.45) is 0.799. The number of carbonyl (C=O) groups excluding carboxylic acids is 1. The molecule has 0 spiro atoms. The summed E-state index contributed by atoms with van der Waals surface area (Å²) in [4.78, 5) is 17.0. The van der Waals surface area contributed by atoms with Crippen LogP contribution in [0.5, 0.6) is 5.75 Å². The van der Waals surface area contributed by atoms with Gasteiger partial charge in [0.15, 0.2) is 0 Å². The molecule has 2 heterocycles. The standard InChI is InChI=1S/C23H31N5O3/c1-17-18(2)28(9-6-14-31-3)23(19(17)15-24)25-22(30)16-26-10-12-27(13-11-26)20-7-4-5-8-21(20)29/h4-5,7-8,29H,6,9-14,16H2,1-3H3,(H,25,30). The third kappa shape index (κ3) is 5.19. The van der Waals surface area contributed by atoms with Crippen LogP contribution < -0.4 is 10.2 Å². The van der Waals surface area contributed by atoms with Crippen LogP contribution in [0.25, 0.3) is 0 Å². The minimum Gasteiger partial charge on any atom is -0.506 e. The first kappa shape index (κ1) is 22.7. The quantitative estimate of drug-likeness (QED) is 0.631. The zero-order chi connectivity index (χ0) is 22.4. The van der Waals surface area contributed by atoms with Gasteiger partial charge in [-0.15, -0.1) is 0 Å².